The van der Waals surface area contributed by atoms with Crippen molar-refractivity contribution >= 4 is 10.0 Å². The van der Waals surface area contributed by atoms with Crippen molar-refractivity contribution in [3.05, 3.63) is 35.4 Å². The van der Waals surface area contributed by atoms with E-state index < -0.39 is 10.0 Å². The third-order valence-corrected chi connectivity index (χ3v) is 3.65. The van der Waals surface area contributed by atoms with Crippen molar-refractivity contribution in [2.24, 2.45) is 0 Å². The minimum absolute atomic E-state index is 0.0393. The Morgan fingerprint density at radius 1 is 1.29 bits per heavy atom. The highest BCUT2D eigenvalue weighted by atomic mass is 32.2. The third-order valence-electron chi connectivity index (χ3n) is 2.29. The molecule has 0 bridgehead atoms. The van der Waals surface area contributed by atoms with E-state index in [2.05, 4.69) is 4.72 Å². The summed E-state index contributed by atoms with van der Waals surface area (Å²) in [5, 5.41) is 8.62. The van der Waals surface area contributed by atoms with Crippen molar-refractivity contribution < 1.29 is 8.42 Å². The molecule has 0 atom stereocenters. The van der Waals surface area contributed by atoms with Gasteiger partial charge in [0.2, 0.25) is 10.0 Å². The fourth-order valence-electron chi connectivity index (χ4n) is 1.35. The van der Waals surface area contributed by atoms with Crippen molar-refractivity contribution in [3.63, 3.8) is 0 Å². The van der Waals surface area contributed by atoms with Gasteiger partial charge in [-0.05, 0) is 24.1 Å². The lowest BCUT2D eigenvalue weighted by Gasteiger charge is -2.06. The summed E-state index contributed by atoms with van der Waals surface area (Å²) in [6.07, 6.45) is 1.80. The molecule has 1 aromatic rings. The second-order valence-corrected chi connectivity index (χ2v) is 5.62. The molecule has 1 rings (SSSR count). The van der Waals surface area contributed by atoms with Gasteiger partial charge in [-0.1, -0.05) is 25.5 Å². The topological polar surface area (TPSA) is 70.0 Å². The predicted octanol–water partition coefficient (Wildman–Crippen LogP) is 1.78. The van der Waals surface area contributed by atoms with E-state index in [-0.39, 0.29) is 5.75 Å². The average Bonchev–Trinajstić information content (AvgIpc) is 2.30. The van der Waals surface area contributed by atoms with Gasteiger partial charge in [0.05, 0.1) is 17.4 Å². The molecular formula is C12H16N2O2S. The molecule has 0 aliphatic carbocycles. The van der Waals surface area contributed by atoms with Crippen LogP contribution >= 0.6 is 0 Å². The molecule has 0 aliphatic heterocycles. The Morgan fingerprint density at radius 3 is 2.47 bits per heavy atom. The maximum absolute atomic E-state index is 11.7. The number of benzene rings is 1. The molecule has 0 spiro atoms. The lowest BCUT2D eigenvalue weighted by atomic mass is 10.2. The van der Waals surface area contributed by atoms with E-state index in [1.54, 1.807) is 24.3 Å². The molecule has 0 unspecified atom stereocenters. The van der Waals surface area contributed by atoms with E-state index >= 15 is 0 Å². The summed E-state index contributed by atoms with van der Waals surface area (Å²) in [5.74, 6) is -0.0393. The van der Waals surface area contributed by atoms with E-state index in [0.717, 1.165) is 12.8 Å². The van der Waals surface area contributed by atoms with Gasteiger partial charge in [0.15, 0.2) is 0 Å². The Morgan fingerprint density at radius 2 is 1.94 bits per heavy atom. The van der Waals surface area contributed by atoms with Crippen LogP contribution in [-0.2, 0) is 15.8 Å². The van der Waals surface area contributed by atoms with Gasteiger partial charge in [-0.15, -0.1) is 0 Å². The van der Waals surface area contributed by atoms with Gasteiger partial charge < -0.3 is 0 Å². The van der Waals surface area contributed by atoms with Crippen molar-refractivity contribution in [1.82, 2.24) is 4.72 Å². The van der Waals surface area contributed by atoms with Crippen LogP contribution in [0.2, 0.25) is 0 Å². The summed E-state index contributed by atoms with van der Waals surface area (Å²) in [7, 11) is -3.26. The average molecular weight is 252 g/mol. The van der Waals surface area contributed by atoms with Crippen molar-refractivity contribution in [3.8, 4) is 6.07 Å². The van der Waals surface area contributed by atoms with E-state index in [4.69, 9.17) is 5.26 Å². The molecule has 1 N–H and O–H groups in total. The number of hydrogen-bond acceptors (Lipinski definition) is 3. The first-order chi connectivity index (χ1) is 8.07. The summed E-state index contributed by atoms with van der Waals surface area (Å²) < 4.78 is 25.9. The maximum Gasteiger partial charge on any atom is 0.215 e. The largest absolute Gasteiger partial charge is 0.215 e. The molecule has 0 heterocycles. The maximum atomic E-state index is 11.7. The van der Waals surface area contributed by atoms with Gasteiger partial charge in [-0.2, -0.15) is 5.26 Å². The van der Waals surface area contributed by atoms with Gasteiger partial charge in [0, 0.05) is 6.54 Å². The summed E-state index contributed by atoms with van der Waals surface area (Å²) in [6.45, 7) is 2.49. The zero-order valence-electron chi connectivity index (χ0n) is 9.81. The molecular weight excluding hydrogens is 236 g/mol. The molecule has 0 aromatic heterocycles. The van der Waals surface area contributed by atoms with Crippen LogP contribution in [0.25, 0.3) is 0 Å². The predicted molar refractivity (Wildman–Crippen MR) is 66.7 cm³/mol. The van der Waals surface area contributed by atoms with Gasteiger partial charge in [-0.3, -0.25) is 0 Å². The summed E-state index contributed by atoms with van der Waals surface area (Å²) in [5.41, 5.74) is 1.22. The van der Waals surface area contributed by atoms with Crippen LogP contribution in [0.3, 0.4) is 0 Å². The molecule has 0 aliphatic rings. The van der Waals surface area contributed by atoms with Gasteiger partial charge >= 0.3 is 0 Å². The van der Waals surface area contributed by atoms with Crippen LogP contribution in [0.1, 0.15) is 30.9 Å². The van der Waals surface area contributed by atoms with E-state index in [1.165, 1.54) is 0 Å². The molecule has 17 heavy (non-hydrogen) atoms. The van der Waals surface area contributed by atoms with E-state index in [9.17, 15) is 8.42 Å². The minimum atomic E-state index is -3.26. The second-order valence-electron chi connectivity index (χ2n) is 3.82. The number of hydrogen-bond donors (Lipinski definition) is 1. The number of sulfonamides is 1. The second kappa shape index (κ2) is 6.38. The van der Waals surface area contributed by atoms with Crippen LogP contribution in [-0.4, -0.2) is 15.0 Å². The van der Waals surface area contributed by atoms with Crippen molar-refractivity contribution in [2.45, 2.75) is 25.5 Å². The standard InChI is InChI=1S/C12H16N2O2S/c1-2-3-8-14-17(15,16)10-12-6-4-11(9-13)5-7-12/h4-7,14H,2-3,8,10H2,1H3. The summed E-state index contributed by atoms with van der Waals surface area (Å²) >= 11 is 0. The first kappa shape index (κ1) is 13.7. The van der Waals surface area contributed by atoms with Crippen LogP contribution < -0.4 is 4.72 Å². The fourth-order valence-corrected chi connectivity index (χ4v) is 2.54. The minimum Gasteiger partial charge on any atom is -0.215 e. The van der Waals surface area contributed by atoms with Crippen LogP contribution in [0.4, 0.5) is 0 Å². The molecule has 0 amide bonds. The smallest absolute Gasteiger partial charge is 0.215 e. The quantitative estimate of drug-likeness (QED) is 0.784. The fraction of sp³-hybridized carbons (Fsp3) is 0.417. The number of nitrogens with one attached hydrogen (secondary N) is 1. The molecule has 0 saturated heterocycles. The highest BCUT2D eigenvalue weighted by molar-refractivity contribution is 7.88. The summed E-state index contributed by atoms with van der Waals surface area (Å²) in [4.78, 5) is 0. The zero-order chi connectivity index (χ0) is 12.7. The Bertz CT molecular complexity index is 486. The number of unbranched alkanes of at least 4 members (excludes halogenated alkanes) is 1. The molecule has 0 saturated carbocycles. The van der Waals surface area contributed by atoms with E-state index in [1.807, 2.05) is 13.0 Å². The van der Waals surface area contributed by atoms with E-state index in [0.29, 0.717) is 17.7 Å². The Kier molecular flexibility index (Phi) is 5.13. The Hall–Kier alpha value is -1.38. The molecule has 92 valence electrons. The first-order valence-corrected chi connectivity index (χ1v) is 7.19. The van der Waals surface area contributed by atoms with Gasteiger partial charge in [0.1, 0.15) is 0 Å². The Labute approximate surface area is 102 Å². The number of nitrogens with zero attached hydrogens (tertiary/aromatic N) is 1. The van der Waals surface area contributed by atoms with Crippen LogP contribution in [0.15, 0.2) is 24.3 Å². The normalized spacial score (nSPS) is 11.1. The lowest BCUT2D eigenvalue weighted by molar-refractivity contribution is 0.577. The highest BCUT2D eigenvalue weighted by Gasteiger charge is 2.10. The van der Waals surface area contributed by atoms with Crippen LogP contribution in [0, 0.1) is 11.3 Å². The SMILES string of the molecule is CCCCNS(=O)(=O)Cc1ccc(C#N)cc1. The summed E-state index contributed by atoms with van der Waals surface area (Å²) in [6, 6.07) is 8.57. The van der Waals surface area contributed by atoms with Crippen molar-refractivity contribution in [2.75, 3.05) is 6.54 Å². The van der Waals surface area contributed by atoms with Gasteiger partial charge in [-0.25, -0.2) is 13.1 Å². The monoisotopic (exact) mass is 252 g/mol. The first-order valence-electron chi connectivity index (χ1n) is 5.54. The van der Waals surface area contributed by atoms with Crippen LogP contribution in [0.5, 0.6) is 0 Å². The van der Waals surface area contributed by atoms with Gasteiger partial charge in [0.25, 0.3) is 0 Å². The molecule has 5 heteroatoms. The molecule has 1 aromatic carbocycles. The molecule has 0 radical (unpaired) electrons. The Balaban J connectivity index is 2.60. The lowest BCUT2D eigenvalue weighted by Crippen LogP contribution is -2.26. The highest BCUT2D eigenvalue weighted by Crippen LogP contribution is 2.07. The molecule has 4 nitrogen and oxygen atoms in total. The zero-order valence-corrected chi connectivity index (χ0v) is 10.6. The number of nitriles is 1. The van der Waals surface area contributed by atoms with Crippen molar-refractivity contribution in [1.29, 1.82) is 5.26 Å². The number of rotatable bonds is 6. The molecule has 0 fully saturated rings. The third kappa shape index (κ3) is 4.98.